The van der Waals surface area contributed by atoms with Gasteiger partial charge in [-0.15, -0.1) is 0 Å². The zero-order valence-electron chi connectivity index (χ0n) is 15.9. The van der Waals surface area contributed by atoms with E-state index in [1.165, 1.54) is 6.92 Å². The van der Waals surface area contributed by atoms with Crippen LogP contribution >= 0.6 is 0 Å². The van der Waals surface area contributed by atoms with Crippen molar-refractivity contribution in [2.24, 2.45) is 0 Å². The second-order valence-corrected chi connectivity index (χ2v) is 6.33. The van der Waals surface area contributed by atoms with E-state index in [-0.39, 0.29) is 11.8 Å². The summed E-state index contributed by atoms with van der Waals surface area (Å²) in [6, 6.07) is 13.8. The van der Waals surface area contributed by atoms with Gasteiger partial charge in [-0.3, -0.25) is 9.59 Å². The third-order valence-electron chi connectivity index (χ3n) is 4.12. The van der Waals surface area contributed by atoms with Gasteiger partial charge >= 0.3 is 0 Å². The molecule has 0 bridgehead atoms. The van der Waals surface area contributed by atoms with Crippen LogP contribution in [0.4, 0.5) is 11.4 Å². The smallest absolute Gasteiger partial charge is 0.255 e. The molecule has 1 heterocycles. The fourth-order valence-corrected chi connectivity index (χ4v) is 2.63. The third-order valence-corrected chi connectivity index (χ3v) is 4.12. The van der Waals surface area contributed by atoms with Crippen molar-refractivity contribution in [1.29, 1.82) is 0 Å². The number of nitrogens with zero attached hydrogens (tertiary/aromatic N) is 1. The van der Waals surface area contributed by atoms with Gasteiger partial charge in [0.2, 0.25) is 5.91 Å². The van der Waals surface area contributed by atoms with Gasteiger partial charge in [-0.05, 0) is 56.3 Å². The maximum atomic E-state index is 12.5. The minimum absolute atomic E-state index is 0.148. The second-order valence-electron chi connectivity index (χ2n) is 6.33. The fraction of sp³-hybridized carbons (Fsp3) is 0.190. The number of aromatic nitrogens is 1. The van der Waals surface area contributed by atoms with Gasteiger partial charge in [0, 0.05) is 23.9 Å². The Hall–Kier alpha value is -3.61. The molecule has 0 saturated heterocycles. The number of amides is 2. The summed E-state index contributed by atoms with van der Waals surface area (Å²) < 4.78 is 10.9. The van der Waals surface area contributed by atoms with Gasteiger partial charge in [0.05, 0.1) is 11.3 Å². The van der Waals surface area contributed by atoms with Crippen LogP contribution in [0.3, 0.4) is 0 Å². The van der Waals surface area contributed by atoms with Crippen LogP contribution in [-0.2, 0) is 11.4 Å². The van der Waals surface area contributed by atoms with Gasteiger partial charge in [-0.25, -0.2) is 0 Å². The first-order chi connectivity index (χ1) is 13.4. The molecule has 2 N–H and O–H groups in total. The van der Waals surface area contributed by atoms with Crippen LogP contribution < -0.4 is 15.4 Å². The van der Waals surface area contributed by atoms with Gasteiger partial charge in [-0.1, -0.05) is 11.2 Å². The number of carbonyl (C=O) groups excluding carboxylic acids is 2. The molecule has 0 saturated carbocycles. The van der Waals surface area contributed by atoms with Crippen LogP contribution in [0.15, 0.2) is 53.1 Å². The summed E-state index contributed by atoms with van der Waals surface area (Å²) in [5.41, 5.74) is 3.45. The number of ether oxygens (including phenoxy) is 1. The number of hydrogen-bond donors (Lipinski definition) is 2. The van der Waals surface area contributed by atoms with Crippen molar-refractivity contribution >= 4 is 23.2 Å². The van der Waals surface area contributed by atoms with Gasteiger partial charge < -0.3 is 19.9 Å². The molecule has 2 amide bonds. The SMILES string of the molecule is CC(=O)Nc1ccc(NC(=O)c2cccc(OCc3c(C)noc3C)c2)cc1. The van der Waals surface area contributed by atoms with Crippen LogP contribution in [0.25, 0.3) is 0 Å². The molecule has 7 heteroatoms. The lowest BCUT2D eigenvalue weighted by atomic mass is 10.2. The Morgan fingerprint density at radius 3 is 2.32 bits per heavy atom. The van der Waals surface area contributed by atoms with Crippen molar-refractivity contribution < 1.29 is 18.8 Å². The Bertz CT molecular complexity index is 974. The molecule has 0 aliphatic carbocycles. The number of anilines is 2. The molecular formula is C21H21N3O4. The number of benzene rings is 2. The number of rotatable bonds is 6. The Kier molecular flexibility index (Phi) is 5.74. The normalized spacial score (nSPS) is 10.4. The molecule has 0 radical (unpaired) electrons. The van der Waals surface area contributed by atoms with E-state index in [9.17, 15) is 9.59 Å². The lowest BCUT2D eigenvalue weighted by Gasteiger charge is -2.09. The molecule has 144 valence electrons. The molecule has 7 nitrogen and oxygen atoms in total. The molecule has 0 atom stereocenters. The maximum absolute atomic E-state index is 12.5. The summed E-state index contributed by atoms with van der Waals surface area (Å²) in [5.74, 6) is 0.892. The van der Waals surface area contributed by atoms with E-state index < -0.39 is 0 Å². The van der Waals surface area contributed by atoms with Crippen molar-refractivity contribution in [3.8, 4) is 5.75 Å². The Balaban J connectivity index is 1.64. The molecule has 28 heavy (non-hydrogen) atoms. The molecule has 0 aliphatic rings. The van der Waals surface area contributed by atoms with Crippen molar-refractivity contribution in [3.63, 3.8) is 0 Å². The van der Waals surface area contributed by atoms with E-state index >= 15 is 0 Å². The summed E-state index contributed by atoms with van der Waals surface area (Å²) in [5, 5.41) is 9.40. The standard InChI is InChI=1S/C21H21N3O4/c1-13-20(14(2)28-24-13)12-27-19-6-4-5-16(11-19)21(26)23-18-9-7-17(8-10-18)22-15(3)25/h4-11H,12H2,1-3H3,(H,22,25)(H,23,26). The van der Waals surface area contributed by atoms with Crippen LogP contribution in [0.1, 0.15) is 34.3 Å². The molecule has 3 rings (SSSR count). The molecule has 0 unspecified atom stereocenters. The van der Waals surface area contributed by atoms with E-state index in [2.05, 4.69) is 15.8 Å². The molecule has 3 aromatic rings. The molecule has 0 fully saturated rings. The molecule has 2 aromatic carbocycles. The average Bonchev–Trinajstić information content (AvgIpc) is 2.99. The van der Waals surface area contributed by atoms with Gasteiger partial charge in [0.1, 0.15) is 18.1 Å². The van der Waals surface area contributed by atoms with E-state index in [4.69, 9.17) is 9.26 Å². The molecule has 0 aliphatic heterocycles. The predicted octanol–water partition coefficient (Wildman–Crippen LogP) is 4.08. The quantitative estimate of drug-likeness (QED) is 0.673. The van der Waals surface area contributed by atoms with E-state index in [0.717, 1.165) is 11.3 Å². The van der Waals surface area contributed by atoms with E-state index in [1.807, 2.05) is 13.8 Å². The van der Waals surface area contributed by atoms with Crippen LogP contribution in [0.2, 0.25) is 0 Å². The topological polar surface area (TPSA) is 93.5 Å². The van der Waals surface area contributed by atoms with Crippen LogP contribution in [0, 0.1) is 13.8 Å². The van der Waals surface area contributed by atoms with E-state index in [1.54, 1.807) is 48.5 Å². The van der Waals surface area contributed by atoms with Gasteiger partial charge in [0.15, 0.2) is 0 Å². The number of nitrogens with one attached hydrogen (secondary N) is 2. The highest BCUT2D eigenvalue weighted by atomic mass is 16.5. The number of aryl methyl sites for hydroxylation is 2. The van der Waals surface area contributed by atoms with Crippen LogP contribution in [0.5, 0.6) is 5.75 Å². The molecule has 0 spiro atoms. The summed E-state index contributed by atoms with van der Waals surface area (Å²) in [7, 11) is 0. The minimum Gasteiger partial charge on any atom is -0.489 e. The largest absolute Gasteiger partial charge is 0.489 e. The Morgan fingerprint density at radius 1 is 1.04 bits per heavy atom. The highest BCUT2D eigenvalue weighted by Crippen LogP contribution is 2.20. The highest BCUT2D eigenvalue weighted by molar-refractivity contribution is 6.04. The number of hydrogen-bond acceptors (Lipinski definition) is 5. The van der Waals surface area contributed by atoms with Crippen molar-refractivity contribution in [2.75, 3.05) is 10.6 Å². The average molecular weight is 379 g/mol. The maximum Gasteiger partial charge on any atom is 0.255 e. The minimum atomic E-state index is -0.255. The Labute approximate surface area is 162 Å². The lowest BCUT2D eigenvalue weighted by Crippen LogP contribution is -2.12. The Morgan fingerprint density at radius 2 is 1.71 bits per heavy atom. The first-order valence-corrected chi connectivity index (χ1v) is 8.76. The fourth-order valence-electron chi connectivity index (χ4n) is 2.63. The number of carbonyl (C=O) groups is 2. The third kappa shape index (κ3) is 4.76. The zero-order chi connectivity index (χ0) is 20.1. The monoisotopic (exact) mass is 379 g/mol. The first kappa shape index (κ1) is 19.2. The van der Waals surface area contributed by atoms with E-state index in [0.29, 0.717) is 35.1 Å². The molecule has 1 aromatic heterocycles. The predicted molar refractivity (Wildman–Crippen MR) is 105 cm³/mol. The second kappa shape index (κ2) is 8.39. The van der Waals surface area contributed by atoms with Crippen LogP contribution in [-0.4, -0.2) is 17.0 Å². The molecular weight excluding hydrogens is 358 g/mol. The summed E-state index contributed by atoms with van der Waals surface area (Å²) >= 11 is 0. The summed E-state index contributed by atoms with van der Waals surface area (Å²) in [6.07, 6.45) is 0. The van der Waals surface area contributed by atoms with Crippen molar-refractivity contribution in [2.45, 2.75) is 27.4 Å². The lowest BCUT2D eigenvalue weighted by molar-refractivity contribution is -0.114. The van der Waals surface area contributed by atoms with Crippen molar-refractivity contribution in [3.05, 3.63) is 71.1 Å². The highest BCUT2D eigenvalue weighted by Gasteiger charge is 2.11. The van der Waals surface area contributed by atoms with Crippen molar-refractivity contribution in [1.82, 2.24) is 5.16 Å². The first-order valence-electron chi connectivity index (χ1n) is 8.76. The van der Waals surface area contributed by atoms with Gasteiger partial charge in [-0.2, -0.15) is 0 Å². The summed E-state index contributed by atoms with van der Waals surface area (Å²) in [6.45, 7) is 5.45. The summed E-state index contributed by atoms with van der Waals surface area (Å²) in [4.78, 5) is 23.6. The zero-order valence-corrected chi connectivity index (χ0v) is 15.9. The van der Waals surface area contributed by atoms with Gasteiger partial charge in [0.25, 0.3) is 5.91 Å².